The van der Waals surface area contributed by atoms with Gasteiger partial charge in [0.15, 0.2) is 0 Å². The molecule has 0 saturated carbocycles. The number of hydrogen-bond acceptors (Lipinski definition) is 6. The molecule has 168 valence electrons. The van der Waals surface area contributed by atoms with Crippen LogP contribution in [0.15, 0.2) is 42.5 Å². The summed E-state index contributed by atoms with van der Waals surface area (Å²) in [5.41, 5.74) is 3.75. The molecule has 31 heavy (non-hydrogen) atoms. The lowest BCUT2D eigenvalue weighted by Gasteiger charge is -2.37. The van der Waals surface area contributed by atoms with Crippen LogP contribution in [0, 0.1) is 0 Å². The van der Waals surface area contributed by atoms with Gasteiger partial charge in [0.25, 0.3) is 0 Å². The van der Waals surface area contributed by atoms with E-state index in [1.165, 1.54) is 16.2 Å². The molecule has 0 bridgehead atoms. The number of piperazine rings is 1. The largest absolute Gasteiger partial charge is 0.497 e. The Morgan fingerprint density at radius 2 is 1.77 bits per heavy atom. The first-order valence-electron chi connectivity index (χ1n) is 10.7. The van der Waals surface area contributed by atoms with Crippen LogP contribution in [0.3, 0.4) is 0 Å². The van der Waals surface area contributed by atoms with Crippen molar-refractivity contribution >= 4 is 21.4 Å². The Bertz CT molecular complexity index is 1020. The summed E-state index contributed by atoms with van der Waals surface area (Å²) in [7, 11) is -1.63. The standard InChI is InChI=1S/C23H31N3O4S/c1-17-14-19-15-18(4-9-22(19)26(17)31(3,28)29)23(27)16-24-10-12-25(13-11-24)20-5-7-21(30-2)8-6-20/h4-9,15,17,23,27H,10-14,16H2,1-3H3/t17-,23-/m0/s1. The number of β-amino-alcohol motifs (C(OH)–C–C–N with tert-alkyl or cyclic N) is 1. The van der Waals surface area contributed by atoms with Crippen molar-refractivity contribution in [2.45, 2.75) is 25.5 Å². The van der Waals surface area contributed by atoms with Crippen LogP contribution in [0.5, 0.6) is 5.75 Å². The number of hydrogen-bond donors (Lipinski definition) is 1. The number of benzene rings is 2. The van der Waals surface area contributed by atoms with Crippen LogP contribution in [-0.4, -0.2) is 70.6 Å². The summed E-state index contributed by atoms with van der Waals surface area (Å²) < 4.78 is 30.9. The Labute approximate surface area is 184 Å². The minimum atomic E-state index is -3.30. The van der Waals surface area contributed by atoms with E-state index in [1.54, 1.807) is 7.11 Å². The van der Waals surface area contributed by atoms with Gasteiger partial charge in [0.2, 0.25) is 10.0 Å². The maximum Gasteiger partial charge on any atom is 0.232 e. The van der Waals surface area contributed by atoms with Gasteiger partial charge < -0.3 is 14.7 Å². The van der Waals surface area contributed by atoms with E-state index in [9.17, 15) is 13.5 Å². The molecule has 0 aliphatic carbocycles. The van der Waals surface area contributed by atoms with Crippen molar-refractivity contribution in [2.75, 3.05) is 55.3 Å². The number of aliphatic hydroxyl groups excluding tert-OH is 1. The van der Waals surface area contributed by atoms with Gasteiger partial charge in [0, 0.05) is 44.5 Å². The van der Waals surface area contributed by atoms with E-state index in [-0.39, 0.29) is 6.04 Å². The van der Waals surface area contributed by atoms with E-state index in [2.05, 4.69) is 21.9 Å². The minimum Gasteiger partial charge on any atom is -0.497 e. The average Bonchev–Trinajstić information content (AvgIpc) is 3.09. The van der Waals surface area contributed by atoms with Gasteiger partial charge in [-0.25, -0.2) is 8.42 Å². The summed E-state index contributed by atoms with van der Waals surface area (Å²) in [4.78, 5) is 4.63. The normalized spacial score (nSPS) is 20.6. The lowest BCUT2D eigenvalue weighted by Crippen LogP contribution is -2.47. The van der Waals surface area contributed by atoms with Crippen molar-refractivity contribution in [1.29, 1.82) is 0 Å². The van der Waals surface area contributed by atoms with E-state index < -0.39 is 16.1 Å². The summed E-state index contributed by atoms with van der Waals surface area (Å²) in [6.45, 7) is 6.06. The summed E-state index contributed by atoms with van der Waals surface area (Å²) in [6, 6.07) is 13.7. The van der Waals surface area contributed by atoms with Crippen molar-refractivity contribution in [3.05, 3.63) is 53.6 Å². The predicted octanol–water partition coefficient (Wildman–Crippen LogP) is 2.26. The number of anilines is 2. The fourth-order valence-corrected chi connectivity index (χ4v) is 5.93. The molecule has 2 aliphatic heterocycles. The molecule has 1 saturated heterocycles. The van der Waals surface area contributed by atoms with Crippen molar-refractivity contribution < 1.29 is 18.3 Å². The van der Waals surface area contributed by atoms with Crippen molar-refractivity contribution in [2.24, 2.45) is 0 Å². The fraction of sp³-hybridized carbons (Fsp3) is 0.478. The predicted molar refractivity (Wildman–Crippen MR) is 124 cm³/mol. The van der Waals surface area contributed by atoms with Gasteiger partial charge in [-0.3, -0.25) is 9.21 Å². The molecule has 0 spiro atoms. The van der Waals surface area contributed by atoms with Gasteiger partial charge >= 0.3 is 0 Å². The van der Waals surface area contributed by atoms with Crippen molar-refractivity contribution in [1.82, 2.24) is 4.90 Å². The first-order chi connectivity index (χ1) is 14.8. The zero-order valence-electron chi connectivity index (χ0n) is 18.4. The van der Waals surface area contributed by atoms with Gasteiger partial charge in [-0.15, -0.1) is 0 Å². The zero-order valence-corrected chi connectivity index (χ0v) is 19.2. The Kier molecular flexibility index (Phi) is 6.14. The van der Waals surface area contributed by atoms with Gasteiger partial charge in [-0.05, 0) is 54.8 Å². The van der Waals surface area contributed by atoms with Gasteiger partial charge in [0.05, 0.1) is 25.2 Å². The quantitative estimate of drug-likeness (QED) is 0.735. The summed E-state index contributed by atoms with van der Waals surface area (Å²) in [5.74, 6) is 0.855. The highest BCUT2D eigenvalue weighted by Gasteiger charge is 2.33. The molecule has 2 aromatic carbocycles. The molecule has 4 rings (SSSR count). The van der Waals surface area contributed by atoms with Crippen LogP contribution >= 0.6 is 0 Å². The smallest absolute Gasteiger partial charge is 0.232 e. The third-order valence-corrected chi connectivity index (χ3v) is 7.51. The second-order valence-electron chi connectivity index (χ2n) is 8.50. The van der Waals surface area contributed by atoms with E-state index in [1.807, 2.05) is 37.3 Å². The van der Waals surface area contributed by atoms with Crippen molar-refractivity contribution in [3.8, 4) is 5.75 Å². The molecule has 0 amide bonds. The first kappa shape index (κ1) is 21.9. The summed E-state index contributed by atoms with van der Waals surface area (Å²) in [6.07, 6.45) is 1.32. The van der Waals surface area contributed by atoms with Gasteiger partial charge in [-0.1, -0.05) is 12.1 Å². The van der Waals surface area contributed by atoms with E-state index in [0.29, 0.717) is 13.0 Å². The molecular formula is C23H31N3O4S. The molecular weight excluding hydrogens is 414 g/mol. The molecule has 1 N–H and O–H groups in total. The number of ether oxygens (including phenoxy) is 1. The lowest BCUT2D eigenvalue weighted by molar-refractivity contribution is 0.109. The SMILES string of the molecule is COc1ccc(N2CCN(C[C@H](O)c3ccc4c(c3)C[C@H](C)N4S(C)(=O)=O)CC2)cc1. The van der Waals surface area contributed by atoms with Crippen LogP contribution in [0.25, 0.3) is 0 Å². The van der Waals surface area contributed by atoms with Crippen LogP contribution < -0.4 is 13.9 Å². The Balaban J connectivity index is 1.36. The molecule has 0 unspecified atom stereocenters. The Hall–Kier alpha value is -2.29. The molecule has 8 heteroatoms. The summed E-state index contributed by atoms with van der Waals surface area (Å²) in [5, 5.41) is 10.8. The highest BCUT2D eigenvalue weighted by molar-refractivity contribution is 7.92. The zero-order chi connectivity index (χ0) is 22.2. The maximum absolute atomic E-state index is 12.1. The second kappa shape index (κ2) is 8.68. The Morgan fingerprint density at radius 1 is 1.10 bits per heavy atom. The third kappa shape index (κ3) is 4.66. The van der Waals surface area contributed by atoms with Crippen LogP contribution in [0.1, 0.15) is 24.2 Å². The molecule has 2 aromatic rings. The van der Waals surface area contributed by atoms with Gasteiger partial charge in [0.1, 0.15) is 5.75 Å². The first-order valence-corrected chi connectivity index (χ1v) is 12.5. The molecule has 1 fully saturated rings. The van der Waals surface area contributed by atoms with Gasteiger partial charge in [-0.2, -0.15) is 0 Å². The molecule has 7 nitrogen and oxygen atoms in total. The number of aliphatic hydroxyl groups is 1. The fourth-order valence-electron chi connectivity index (χ4n) is 4.67. The van der Waals surface area contributed by atoms with Crippen LogP contribution in [-0.2, 0) is 16.4 Å². The second-order valence-corrected chi connectivity index (χ2v) is 10.4. The topological polar surface area (TPSA) is 73.3 Å². The molecule has 2 aliphatic rings. The summed E-state index contributed by atoms with van der Waals surface area (Å²) >= 11 is 0. The minimum absolute atomic E-state index is 0.0941. The molecule has 2 atom stereocenters. The Morgan fingerprint density at radius 3 is 2.39 bits per heavy atom. The number of sulfonamides is 1. The maximum atomic E-state index is 12.1. The van der Waals surface area contributed by atoms with Crippen LogP contribution in [0.2, 0.25) is 0 Å². The molecule has 0 radical (unpaired) electrons. The molecule has 0 aromatic heterocycles. The van der Waals surface area contributed by atoms with Crippen LogP contribution in [0.4, 0.5) is 11.4 Å². The third-order valence-electron chi connectivity index (χ3n) is 6.24. The van der Waals surface area contributed by atoms with E-state index in [4.69, 9.17) is 4.74 Å². The monoisotopic (exact) mass is 445 g/mol. The van der Waals surface area contributed by atoms with E-state index >= 15 is 0 Å². The lowest BCUT2D eigenvalue weighted by atomic mass is 10.0. The van der Waals surface area contributed by atoms with Crippen molar-refractivity contribution in [3.63, 3.8) is 0 Å². The number of nitrogens with zero attached hydrogens (tertiary/aromatic N) is 3. The number of rotatable bonds is 6. The number of methoxy groups -OCH3 is 1. The highest BCUT2D eigenvalue weighted by Crippen LogP contribution is 2.36. The molecule has 2 heterocycles. The average molecular weight is 446 g/mol. The number of fused-ring (bicyclic) bond motifs is 1. The highest BCUT2D eigenvalue weighted by atomic mass is 32.2. The van der Waals surface area contributed by atoms with E-state index in [0.717, 1.165) is 48.7 Å².